The molecule has 90 valence electrons. The number of carbonyl (C=O) groups excluding carboxylic acids is 1. The van der Waals surface area contributed by atoms with Crippen molar-refractivity contribution >= 4 is 23.1 Å². The standard InChI is InChI=1S/C11H18N2O2S/c1-2-9(10(12)16)11(14)13-5-7-3-4-8(6-13)15-7/h7-9H,2-6H2,1H3,(H2,12,16). The number of hydrogen-bond acceptors (Lipinski definition) is 3. The summed E-state index contributed by atoms with van der Waals surface area (Å²) in [5.74, 6) is -0.220. The third kappa shape index (κ3) is 2.20. The molecule has 2 aliphatic rings. The third-order valence-electron chi connectivity index (χ3n) is 3.41. The Kier molecular flexibility index (Phi) is 3.44. The van der Waals surface area contributed by atoms with E-state index in [2.05, 4.69) is 0 Å². The van der Waals surface area contributed by atoms with Crippen molar-refractivity contribution in [3.63, 3.8) is 0 Å². The van der Waals surface area contributed by atoms with Gasteiger partial charge in [0.05, 0.1) is 23.1 Å². The molecule has 2 bridgehead atoms. The highest BCUT2D eigenvalue weighted by molar-refractivity contribution is 7.80. The molecular weight excluding hydrogens is 224 g/mol. The second-order valence-corrected chi connectivity index (χ2v) is 5.04. The van der Waals surface area contributed by atoms with Crippen LogP contribution in [0.25, 0.3) is 0 Å². The second-order valence-electron chi connectivity index (χ2n) is 4.56. The Morgan fingerprint density at radius 1 is 1.50 bits per heavy atom. The average molecular weight is 242 g/mol. The van der Waals surface area contributed by atoms with Gasteiger partial charge in [-0.3, -0.25) is 4.79 Å². The Bertz CT molecular complexity index is 296. The van der Waals surface area contributed by atoms with E-state index in [0.29, 0.717) is 24.5 Å². The fourth-order valence-electron chi connectivity index (χ4n) is 2.51. The van der Waals surface area contributed by atoms with Crippen LogP contribution in [0.5, 0.6) is 0 Å². The van der Waals surface area contributed by atoms with Gasteiger partial charge in [0.15, 0.2) is 0 Å². The molecule has 3 unspecified atom stereocenters. The first kappa shape index (κ1) is 11.8. The van der Waals surface area contributed by atoms with Crippen molar-refractivity contribution < 1.29 is 9.53 Å². The number of nitrogens with zero attached hydrogens (tertiary/aromatic N) is 1. The van der Waals surface area contributed by atoms with Gasteiger partial charge in [0, 0.05) is 13.1 Å². The summed E-state index contributed by atoms with van der Waals surface area (Å²) in [6.45, 7) is 3.35. The number of amides is 1. The molecule has 0 saturated carbocycles. The smallest absolute Gasteiger partial charge is 0.232 e. The van der Waals surface area contributed by atoms with Crippen molar-refractivity contribution in [2.24, 2.45) is 11.7 Å². The van der Waals surface area contributed by atoms with E-state index < -0.39 is 0 Å². The fourth-order valence-corrected chi connectivity index (χ4v) is 2.78. The average Bonchev–Trinajstić information content (AvgIpc) is 2.58. The summed E-state index contributed by atoms with van der Waals surface area (Å²) in [7, 11) is 0. The van der Waals surface area contributed by atoms with Crippen molar-refractivity contribution in [3.05, 3.63) is 0 Å². The van der Waals surface area contributed by atoms with Gasteiger partial charge in [-0.05, 0) is 19.3 Å². The maximum atomic E-state index is 12.2. The number of likely N-dealkylation sites (tertiary alicyclic amines) is 1. The summed E-state index contributed by atoms with van der Waals surface area (Å²) in [5.41, 5.74) is 5.59. The molecule has 0 aliphatic carbocycles. The SMILES string of the molecule is CCC(C(=O)N1CC2CCC(C1)O2)C(N)=S. The number of carbonyl (C=O) groups is 1. The molecule has 2 aliphatic heterocycles. The summed E-state index contributed by atoms with van der Waals surface area (Å²) in [4.78, 5) is 14.4. The van der Waals surface area contributed by atoms with E-state index in [1.165, 1.54) is 0 Å². The number of nitrogens with two attached hydrogens (primary N) is 1. The maximum Gasteiger partial charge on any atom is 0.232 e. The zero-order chi connectivity index (χ0) is 11.7. The molecule has 1 amide bonds. The summed E-state index contributed by atoms with van der Waals surface area (Å²) in [6.07, 6.45) is 3.27. The largest absolute Gasteiger partial charge is 0.393 e. The topological polar surface area (TPSA) is 55.6 Å². The second kappa shape index (κ2) is 4.67. The van der Waals surface area contributed by atoms with Gasteiger partial charge >= 0.3 is 0 Å². The molecule has 0 radical (unpaired) electrons. The molecule has 0 spiro atoms. The monoisotopic (exact) mass is 242 g/mol. The Hall–Kier alpha value is -0.680. The number of ether oxygens (including phenoxy) is 1. The normalized spacial score (nSPS) is 30.2. The molecule has 0 aromatic carbocycles. The van der Waals surface area contributed by atoms with Crippen LogP contribution < -0.4 is 5.73 Å². The van der Waals surface area contributed by atoms with Gasteiger partial charge in [-0.25, -0.2) is 0 Å². The van der Waals surface area contributed by atoms with Crippen LogP contribution in [0.3, 0.4) is 0 Å². The molecule has 0 aromatic rings. The summed E-state index contributed by atoms with van der Waals surface area (Å²) < 4.78 is 5.69. The van der Waals surface area contributed by atoms with Gasteiger partial charge in [0.2, 0.25) is 5.91 Å². The van der Waals surface area contributed by atoms with Crippen molar-refractivity contribution in [2.75, 3.05) is 13.1 Å². The molecule has 0 aromatic heterocycles. The van der Waals surface area contributed by atoms with Crippen LogP contribution in [0, 0.1) is 5.92 Å². The zero-order valence-corrected chi connectivity index (χ0v) is 10.3. The van der Waals surface area contributed by atoms with Crippen LogP contribution in [-0.2, 0) is 9.53 Å². The quantitative estimate of drug-likeness (QED) is 0.740. The number of hydrogen-bond donors (Lipinski definition) is 1. The molecular formula is C11H18N2O2S. The van der Waals surface area contributed by atoms with E-state index in [-0.39, 0.29) is 24.0 Å². The first-order chi connectivity index (χ1) is 7.61. The maximum absolute atomic E-state index is 12.2. The van der Waals surface area contributed by atoms with Crippen molar-refractivity contribution in [3.8, 4) is 0 Å². The molecule has 2 N–H and O–H groups in total. The van der Waals surface area contributed by atoms with E-state index in [4.69, 9.17) is 22.7 Å². The van der Waals surface area contributed by atoms with E-state index >= 15 is 0 Å². The lowest BCUT2D eigenvalue weighted by Crippen LogP contribution is -2.49. The molecule has 4 nitrogen and oxygen atoms in total. The molecule has 5 heteroatoms. The molecule has 16 heavy (non-hydrogen) atoms. The molecule has 2 fully saturated rings. The summed E-state index contributed by atoms with van der Waals surface area (Å²) in [6, 6.07) is 0. The van der Waals surface area contributed by atoms with Crippen molar-refractivity contribution in [1.82, 2.24) is 4.90 Å². The summed E-state index contributed by atoms with van der Waals surface area (Å²) >= 11 is 4.94. The van der Waals surface area contributed by atoms with Crippen LogP contribution in [-0.4, -0.2) is 41.1 Å². The molecule has 2 rings (SSSR count). The minimum Gasteiger partial charge on any atom is -0.393 e. The highest BCUT2D eigenvalue weighted by Crippen LogP contribution is 2.27. The van der Waals surface area contributed by atoms with Crippen LogP contribution in [0.15, 0.2) is 0 Å². The van der Waals surface area contributed by atoms with Gasteiger partial charge in [-0.15, -0.1) is 0 Å². The van der Waals surface area contributed by atoms with Crippen LogP contribution in [0.4, 0.5) is 0 Å². The Labute approximate surface area is 101 Å². The Morgan fingerprint density at radius 2 is 2.06 bits per heavy atom. The molecule has 2 heterocycles. The lowest BCUT2D eigenvalue weighted by molar-refractivity contribution is -0.142. The Balaban J connectivity index is 2.01. The minimum atomic E-state index is -0.299. The van der Waals surface area contributed by atoms with Gasteiger partial charge in [0.25, 0.3) is 0 Å². The minimum absolute atomic E-state index is 0.0789. The van der Waals surface area contributed by atoms with E-state index in [9.17, 15) is 4.79 Å². The molecule has 2 saturated heterocycles. The van der Waals surface area contributed by atoms with Crippen molar-refractivity contribution in [2.45, 2.75) is 38.4 Å². The zero-order valence-electron chi connectivity index (χ0n) is 9.52. The highest BCUT2D eigenvalue weighted by atomic mass is 32.1. The fraction of sp³-hybridized carbons (Fsp3) is 0.818. The lowest BCUT2D eigenvalue weighted by atomic mass is 10.0. The third-order valence-corrected chi connectivity index (χ3v) is 3.69. The highest BCUT2D eigenvalue weighted by Gasteiger charge is 2.37. The number of morpholine rings is 1. The summed E-state index contributed by atoms with van der Waals surface area (Å²) in [5, 5.41) is 0. The van der Waals surface area contributed by atoms with Crippen LogP contribution >= 0.6 is 12.2 Å². The van der Waals surface area contributed by atoms with Crippen LogP contribution in [0.2, 0.25) is 0 Å². The number of fused-ring (bicyclic) bond motifs is 2. The molecule has 3 atom stereocenters. The van der Waals surface area contributed by atoms with Gasteiger partial charge in [-0.2, -0.15) is 0 Å². The Morgan fingerprint density at radius 3 is 2.50 bits per heavy atom. The van der Waals surface area contributed by atoms with E-state index in [1.54, 1.807) is 0 Å². The van der Waals surface area contributed by atoms with Gasteiger partial charge < -0.3 is 15.4 Å². The predicted octanol–water partition coefficient (Wildman–Crippen LogP) is 0.689. The number of thiocarbonyl (C=S) groups is 1. The predicted molar refractivity (Wildman–Crippen MR) is 65.0 cm³/mol. The van der Waals surface area contributed by atoms with Gasteiger partial charge in [0.1, 0.15) is 0 Å². The lowest BCUT2D eigenvalue weighted by Gasteiger charge is -2.34. The first-order valence-corrected chi connectivity index (χ1v) is 6.26. The van der Waals surface area contributed by atoms with E-state index in [0.717, 1.165) is 12.8 Å². The number of rotatable bonds is 3. The van der Waals surface area contributed by atoms with Gasteiger partial charge in [-0.1, -0.05) is 19.1 Å². The van der Waals surface area contributed by atoms with E-state index in [1.807, 2.05) is 11.8 Å². The van der Waals surface area contributed by atoms with Crippen molar-refractivity contribution in [1.29, 1.82) is 0 Å². The van der Waals surface area contributed by atoms with Crippen LogP contribution in [0.1, 0.15) is 26.2 Å². The first-order valence-electron chi connectivity index (χ1n) is 5.85.